The zero-order valence-electron chi connectivity index (χ0n) is 17.4. The summed E-state index contributed by atoms with van der Waals surface area (Å²) in [6.45, 7) is 2.18. The molecular formula is C24H21N5OS2. The number of Topliss-reactive ketones (excluding diaryl/α,β-unsaturated/α-hetero) is 1. The van der Waals surface area contributed by atoms with E-state index in [1.807, 2.05) is 17.5 Å². The van der Waals surface area contributed by atoms with E-state index in [1.54, 1.807) is 22.7 Å². The molecule has 5 aliphatic heterocycles. The lowest BCUT2D eigenvalue weighted by atomic mass is 9.77. The van der Waals surface area contributed by atoms with Gasteiger partial charge in [0, 0.05) is 41.2 Å². The summed E-state index contributed by atoms with van der Waals surface area (Å²) in [7, 11) is 0. The number of rotatable bonds is 1. The van der Waals surface area contributed by atoms with Crippen LogP contribution in [0.4, 0.5) is 10.0 Å². The first-order valence-corrected chi connectivity index (χ1v) is 12.9. The van der Waals surface area contributed by atoms with Crippen molar-refractivity contribution in [1.82, 2.24) is 0 Å². The Hall–Kier alpha value is -2.89. The molecule has 2 N–H and O–H groups in total. The van der Waals surface area contributed by atoms with Crippen molar-refractivity contribution in [3.63, 3.8) is 0 Å². The number of nitrogens with zero attached hydrogens (tertiary/aromatic N) is 4. The monoisotopic (exact) mass is 459 g/mol. The van der Waals surface area contributed by atoms with Crippen LogP contribution in [0.25, 0.3) is 0 Å². The standard InChI is InChI=1S/C24H21N5OS2/c25-11-13-18(16-5-2-10-31-16)19-14(3-1-4-15(19)30)29-22(13)27-21(26)20-17-12-6-8-28(9-7-12)23(17)32-24(20)29/h2,5,10,12,18H,1,3-4,6-9H2,(H2,26,27)/t18-/m0/s1. The lowest BCUT2D eigenvalue weighted by Gasteiger charge is -2.41. The molecule has 1 fully saturated rings. The molecule has 2 bridgehead atoms. The molecule has 0 unspecified atom stereocenters. The number of nitriles is 1. The van der Waals surface area contributed by atoms with Crippen molar-refractivity contribution in [3.05, 3.63) is 56.2 Å². The quantitative estimate of drug-likeness (QED) is 0.675. The minimum absolute atomic E-state index is 0.158. The fraction of sp³-hybridized carbons (Fsp3) is 0.375. The number of hydrogen-bond donors (Lipinski definition) is 1. The van der Waals surface area contributed by atoms with Gasteiger partial charge in [-0.3, -0.25) is 9.69 Å². The maximum Gasteiger partial charge on any atom is 0.161 e. The van der Waals surface area contributed by atoms with Gasteiger partial charge in [-0.15, -0.1) is 11.3 Å². The van der Waals surface area contributed by atoms with Gasteiger partial charge in [-0.2, -0.15) is 5.26 Å². The lowest BCUT2D eigenvalue weighted by molar-refractivity contribution is -0.116. The number of piperidine rings is 1. The summed E-state index contributed by atoms with van der Waals surface area (Å²) in [5.74, 6) is 1.47. The topological polar surface area (TPSA) is 85.7 Å². The number of nitrogens with two attached hydrogens (primary N) is 1. The number of carbonyl (C=O) groups is 1. The Morgan fingerprint density at radius 2 is 2.06 bits per heavy atom. The Balaban J connectivity index is 1.53. The lowest BCUT2D eigenvalue weighted by Crippen LogP contribution is -2.40. The number of fused-ring (bicyclic) bond motifs is 6. The number of carbonyl (C=O) groups excluding carboxylic acids is 1. The number of allylic oxidation sites excluding steroid dienone is 3. The van der Waals surface area contributed by atoms with Gasteiger partial charge >= 0.3 is 0 Å². The molecule has 1 atom stereocenters. The van der Waals surface area contributed by atoms with Crippen LogP contribution in [0.5, 0.6) is 0 Å². The molecule has 8 rings (SSSR count). The van der Waals surface area contributed by atoms with Crippen LogP contribution in [0.2, 0.25) is 0 Å². The summed E-state index contributed by atoms with van der Waals surface area (Å²) >= 11 is 3.35. The molecule has 2 aromatic heterocycles. The predicted molar refractivity (Wildman–Crippen MR) is 127 cm³/mol. The Kier molecular flexibility index (Phi) is 3.83. The summed E-state index contributed by atoms with van der Waals surface area (Å²) in [4.78, 5) is 23.8. The average Bonchev–Trinajstić information content (AvgIpc) is 3.48. The largest absolute Gasteiger partial charge is 0.383 e. The molecule has 0 spiro atoms. The highest BCUT2D eigenvalue weighted by molar-refractivity contribution is 7.21. The van der Waals surface area contributed by atoms with Gasteiger partial charge in [0.15, 0.2) is 11.6 Å². The van der Waals surface area contributed by atoms with Crippen LogP contribution in [0.3, 0.4) is 0 Å². The minimum Gasteiger partial charge on any atom is -0.383 e. The molecule has 0 aromatic carbocycles. The van der Waals surface area contributed by atoms with Crippen LogP contribution in [-0.2, 0) is 4.79 Å². The Bertz CT molecular complexity index is 1310. The van der Waals surface area contributed by atoms with Crippen LogP contribution < -0.4 is 15.5 Å². The van der Waals surface area contributed by atoms with E-state index in [9.17, 15) is 10.1 Å². The second kappa shape index (κ2) is 6.56. The summed E-state index contributed by atoms with van der Waals surface area (Å²) in [5.41, 5.74) is 11.3. The second-order valence-corrected chi connectivity index (χ2v) is 11.0. The third kappa shape index (κ3) is 2.28. The molecular weight excluding hydrogens is 438 g/mol. The zero-order chi connectivity index (χ0) is 21.6. The molecule has 1 aliphatic carbocycles. The number of thiophene rings is 2. The van der Waals surface area contributed by atoms with Gasteiger partial charge in [0.05, 0.1) is 28.1 Å². The highest BCUT2D eigenvalue weighted by Gasteiger charge is 2.46. The molecule has 7 heterocycles. The molecule has 32 heavy (non-hydrogen) atoms. The number of hydrogen-bond acceptors (Lipinski definition) is 8. The highest BCUT2D eigenvalue weighted by Crippen LogP contribution is 2.58. The molecule has 8 heteroatoms. The van der Waals surface area contributed by atoms with E-state index in [2.05, 4.69) is 15.9 Å². The molecule has 6 nitrogen and oxygen atoms in total. The number of ketones is 1. The average molecular weight is 460 g/mol. The summed E-state index contributed by atoms with van der Waals surface area (Å²) < 4.78 is 0. The summed E-state index contributed by atoms with van der Waals surface area (Å²) in [6.07, 6.45) is 4.49. The van der Waals surface area contributed by atoms with E-state index in [-0.39, 0.29) is 11.7 Å². The zero-order valence-corrected chi connectivity index (χ0v) is 19.1. The summed E-state index contributed by atoms with van der Waals surface area (Å²) in [5, 5.41) is 14.6. The van der Waals surface area contributed by atoms with Crippen LogP contribution in [0.15, 0.2) is 45.2 Å². The predicted octanol–water partition coefficient (Wildman–Crippen LogP) is 4.57. The Labute approximate surface area is 194 Å². The SMILES string of the molecule is N#CC1=C2N=C(N)c3c(sc4c3C3CCN4CC3)N2C2=C(C(=O)CCC2)[C@@H]1c1cccs1. The van der Waals surface area contributed by atoms with E-state index >= 15 is 0 Å². The first kappa shape index (κ1) is 18.7. The first-order chi connectivity index (χ1) is 15.7. The second-order valence-electron chi connectivity index (χ2n) is 9.03. The van der Waals surface area contributed by atoms with Gasteiger partial charge in [-0.05, 0) is 43.0 Å². The van der Waals surface area contributed by atoms with Gasteiger partial charge in [0.1, 0.15) is 10.8 Å². The number of amidine groups is 1. The third-order valence-corrected chi connectivity index (χ3v) is 9.65. The fourth-order valence-electron chi connectivity index (χ4n) is 6.09. The van der Waals surface area contributed by atoms with Crippen molar-refractivity contribution in [1.29, 1.82) is 5.26 Å². The van der Waals surface area contributed by atoms with Crippen molar-refractivity contribution in [2.45, 2.75) is 43.9 Å². The summed E-state index contributed by atoms with van der Waals surface area (Å²) in [6, 6.07) is 6.43. The van der Waals surface area contributed by atoms with Gasteiger partial charge in [0.25, 0.3) is 0 Å². The van der Waals surface area contributed by atoms with E-state index in [4.69, 9.17) is 10.7 Å². The van der Waals surface area contributed by atoms with Crippen LogP contribution >= 0.6 is 22.7 Å². The van der Waals surface area contributed by atoms with Crippen molar-refractivity contribution >= 4 is 44.3 Å². The van der Waals surface area contributed by atoms with E-state index < -0.39 is 0 Å². The van der Waals surface area contributed by atoms with Crippen LogP contribution in [0.1, 0.15) is 59.9 Å². The van der Waals surface area contributed by atoms with Crippen molar-refractivity contribution in [2.75, 3.05) is 22.9 Å². The van der Waals surface area contributed by atoms with Gasteiger partial charge in [-0.25, -0.2) is 4.99 Å². The number of anilines is 2. The molecule has 1 saturated heterocycles. The minimum atomic E-state index is -0.346. The van der Waals surface area contributed by atoms with Gasteiger partial charge < -0.3 is 10.6 Å². The Morgan fingerprint density at radius 3 is 2.81 bits per heavy atom. The fourth-order valence-corrected chi connectivity index (χ4v) is 8.41. The van der Waals surface area contributed by atoms with E-state index in [0.29, 0.717) is 29.6 Å². The van der Waals surface area contributed by atoms with Crippen LogP contribution in [-0.4, -0.2) is 24.7 Å². The number of aliphatic imine (C=N–C) groups is 1. The van der Waals surface area contributed by atoms with Crippen molar-refractivity contribution < 1.29 is 4.79 Å². The molecule has 0 saturated carbocycles. The maximum absolute atomic E-state index is 13.3. The van der Waals surface area contributed by atoms with Gasteiger partial charge in [0.2, 0.25) is 0 Å². The van der Waals surface area contributed by atoms with Crippen molar-refractivity contribution in [3.8, 4) is 6.07 Å². The van der Waals surface area contributed by atoms with Crippen LogP contribution in [0, 0.1) is 11.3 Å². The molecule has 2 aromatic rings. The normalized spacial score (nSPS) is 24.2. The first-order valence-electron chi connectivity index (χ1n) is 11.2. The van der Waals surface area contributed by atoms with E-state index in [0.717, 1.165) is 65.5 Å². The van der Waals surface area contributed by atoms with E-state index in [1.165, 1.54) is 10.6 Å². The Morgan fingerprint density at radius 1 is 1.22 bits per heavy atom. The maximum atomic E-state index is 13.3. The third-order valence-electron chi connectivity index (χ3n) is 7.46. The molecule has 160 valence electrons. The highest BCUT2D eigenvalue weighted by atomic mass is 32.1. The molecule has 6 aliphatic rings. The molecule has 0 radical (unpaired) electrons. The molecule has 0 amide bonds. The smallest absolute Gasteiger partial charge is 0.161 e. The van der Waals surface area contributed by atoms with Crippen molar-refractivity contribution in [2.24, 2.45) is 10.7 Å². The van der Waals surface area contributed by atoms with Gasteiger partial charge in [-0.1, -0.05) is 17.4 Å².